The first-order valence-corrected chi connectivity index (χ1v) is 7.71. The van der Waals surface area contributed by atoms with Crippen molar-refractivity contribution in [3.63, 3.8) is 0 Å². The van der Waals surface area contributed by atoms with Crippen LogP contribution in [0.5, 0.6) is 0 Å². The van der Waals surface area contributed by atoms with Gasteiger partial charge >= 0.3 is 0 Å². The zero-order valence-corrected chi connectivity index (χ0v) is 13.2. The van der Waals surface area contributed by atoms with Crippen LogP contribution in [0.1, 0.15) is 25.0 Å². The van der Waals surface area contributed by atoms with Crippen molar-refractivity contribution >= 4 is 11.6 Å². The summed E-state index contributed by atoms with van der Waals surface area (Å²) in [7, 11) is 0. The highest BCUT2D eigenvalue weighted by Crippen LogP contribution is 2.12. The minimum Gasteiger partial charge on any atom is -0.326 e. The highest BCUT2D eigenvalue weighted by molar-refractivity contribution is 5.92. The lowest BCUT2D eigenvalue weighted by Crippen LogP contribution is -2.22. The third-order valence-corrected chi connectivity index (χ3v) is 3.65. The number of pyridine rings is 1. The van der Waals surface area contributed by atoms with Gasteiger partial charge in [0.15, 0.2) is 0 Å². The van der Waals surface area contributed by atoms with Gasteiger partial charge in [0.05, 0.1) is 6.42 Å². The molecular weight excluding hydrogens is 274 g/mol. The standard InChI is InChI=1S/C18H23N3O/c1-3-21(4-2)14-16-5-7-17(8-6-16)20-18(22)13-15-9-11-19-12-10-15/h5-12H,3-4,13-14H2,1-2H3,(H,20,22). The summed E-state index contributed by atoms with van der Waals surface area (Å²) in [4.78, 5) is 18.3. The van der Waals surface area contributed by atoms with Crippen LogP contribution in [0.4, 0.5) is 5.69 Å². The first-order chi connectivity index (χ1) is 10.7. The van der Waals surface area contributed by atoms with Gasteiger partial charge in [-0.3, -0.25) is 14.7 Å². The monoisotopic (exact) mass is 297 g/mol. The summed E-state index contributed by atoms with van der Waals surface area (Å²) in [6.45, 7) is 7.36. The van der Waals surface area contributed by atoms with Crippen molar-refractivity contribution in [2.75, 3.05) is 18.4 Å². The molecule has 4 nitrogen and oxygen atoms in total. The Morgan fingerprint density at radius 3 is 2.23 bits per heavy atom. The minimum atomic E-state index is -0.0114. The number of benzene rings is 1. The lowest BCUT2D eigenvalue weighted by atomic mass is 10.1. The van der Waals surface area contributed by atoms with E-state index in [9.17, 15) is 4.79 Å². The van der Waals surface area contributed by atoms with Crippen molar-refractivity contribution < 1.29 is 4.79 Å². The highest BCUT2D eigenvalue weighted by Gasteiger charge is 2.05. The van der Waals surface area contributed by atoms with Crippen molar-refractivity contribution in [1.82, 2.24) is 9.88 Å². The highest BCUT2D eigenvalue weighted by atomic mass is 16.1. The Balaban J connectivity index is 1.89. The number of anilines is 1. The van der Waals surface area contributed by atoms with Gasteiger partial charge in [-0.2, -0.15) is 0 Å². The van der Waals surface area contributed by atoms with Crippen LogP contribution in [-0.2, 0) is 17.8 Å². The number of aromatic nitrogens is 1. The van der Waals surface area contributed by atoms with E-state index in [0.717, 1.165) is 30.9 Å². The quantitative estimate of drug-likeness (QED) is 0.854. The molecule has 0 bridgehead atoms. The van der Waals surface area contributed by atoms with Crippen molar-refractivity contribution in [1.29, 1.82) is 0 Å². The zero-order valence-electron chi connectivity index (χ0n) is 13.2. The number of amides is 1. The molecule has 0 atom stereocenters. The number of nitrogens with zero attached hydrogens (tertiary/aromatic N) is 2. The molecule has 22 heavy (non-hydrogen) atoms. The SMILES string of the molecule is CCN(CC)Cc1ccc(NC(=O)Cc2ccncc2)cc1. The second-order valence-electron chi connectivity index (χ2n) is 5.24. The predicted octanol–water partition coefficient (Wildman–Crippen LogP) is 3.10. The normalized spacial score (nSPS) is 10.7. The van der Waals surface area contributed by atoms with Gasteiger partial charge in [-0.15, -0.1) is 0 Å². The summed E-state index contributed by atoms with van der Waals surface area (Å²) in [6.07, 6.45) is 3.76. The summed E-state index contributed by atoms with van der Waals surface area (Å²) in [5, 5.41) is 2.93. The average molecular weight is 297 g/mol. The van der Waals surface area contributed by atoms with E-state index in [-0.39, 0.29) is 5.91 Å². The largest absolute Gasteiger partial charge is 0.326 e. The van der Waals surface area contributed by atoms with Crippen LogP contribution in [0, 0.1) is 0 Å². The molecule has 0 aliphatic carbocycles. The molecule has 0 aliphatic heterocycles. The van der Waals surface area contributed by atoms with Crippen LogP contribution in [0.3, 0.4) is 0 Å². The number of carbonyl (C=O) groups excluding carboxylic acids is 1. The lowest BCUT2D eigenvalue weighted by molar-refractivity contribution is -0.115. The minimum absolute atomic E-state index is 0.0114. The van der Waals surface area contributed by atoms with Crippen LogP contribution in [0.25, 0.3) is 0 Å². The third-order valence-electron chi connectivity index (χ3n) is 3.65. The first-order valence-electron chi connectivity index (χ1n) is 7.71. The van der Waals surface area contributed by atoms with Gasteiger partial charge in [-0.25, -0.2) is 0 Å². The van der Waals surface area contributed by atoms with Crippen molar-refractivity contribution in [2.45, 2.75) is 26.8 Å². The lowest BCUT2D eigenvalue weighted by Gasteiger charge is -2.18. The Bertz CT molecular complexity index is 577. The van der Waals surface area contributed by atoms with Gasteiger partial charge in [0.25, 0.3) is 0 Å². The Kier molecular flexibility index (Phi) is 6.10. The van der Waals surface area contributed by atoms with Gasteiger partial charge in [0, 0.05) is 24.6 Å². The molecule has 1 heterocycles. The van der Waals surface area contributed by atoms with Crippen molar-refractivity contribution in [3.05, 3.63) is 59.9 Å². The molecule has 2 aromatic rings. The van der Waals surface area contributed by atoms with E-state index < -0.39 is 0 Å². The summed E-state index contributed by atoms with van der Waals surface area (Å²) in [5.74, 6) is -0.0114. The maximum atomic E-state index is 12.0. The molecule has 4 heteroatoms. The van der Waals surface area contributed by atoms with Crippen LogP contribution in [0.15, 0.2) is 48.8 Å². The Labute approximate surface area is 132 Å². The molecule has 116 valence electrons. The van der Waals surface area contributed by atoms with Gasteiger partial charge in [0.2, 0.25) is 5.91 Å². The second kappa shape index (κ2) is 8.29. The van der Waals surface area contributed by atoms with Gasteiger partial charge in [-0.05, 0) is 48.5 Å². The first kappa shape index (κ1) is 16.2. The summed E-state index contributed by atoms with van der Waals surface area (Å²) in [5.41, 5.74) is 3.06. The molecule has 0 saturated carbocycles. The second-order valence-corrected chi connectivity index (χ2v) is 5.24. The van der Waals surface area contributed by atoms with E-state index in [1.165, 1.54) is 5.56 Å². The molecule has 0 unspecified atom stereocenters. The molecule has 0 saturated heterocycles. The fourth-order valence-corrected chi connectivity index (χ4v) is 2.29. The fraction of sp³-hybridized carbons (Fsp3) is 0.333. The molecule has 1 N–H and O–H groups in total. The third kappa shape index (κ3) is 4.97. The molecular formula is C18H23N3O. The Morgan fingerprint density at radius 2 is 1.64 bits per heavy atom. The predicted molar refractivity (Wildman–Crippen MR) is 89.6 cm³/mol. The summed E-state index contributed by atoms with van der Waals surface area (Å²) < 4.78 is 0. The molecule has 0 radical (unpaired) electrons. The van der Waals surface area contributed by atoms with Crippen LogP contribution < -0.4 is 5.32 Å². The molecule has 0 fully saturated rings. The zero-order chi connectivity index (χ0) is 15.8. The number of hydrogen-bond acceptors (Lipinski definition) is 3. The van der Waals surface area contributed by atoms with Gasteiger partial charge in [-0.1, -0.05) is 26.0 Å². The number of nitrogens with one attached hydrogen (secondary N) is 1. The number of carbonyl (C=O) groups is 1. The Hall–Kier alpha value is -2.20. The molecule has 2 rings (SSSR count). The molecule has 1 amide bonds. The molecule has 0 aliphatic rings. The average Bonchev–Trinajstić information content (AvgIpc) is 2.55. The summed E-state index contributed by atoms with van der Waals surface area (Å²) in [6, 6.07) is 11.8. The smallest absolute Gasteiger partial charge is 0.228 e. The van der Waals surface area contributed by atoms with Crippen LogP contribution >= 0.6 is 0 Å². The van der Waals surface area contributed by atoms with Crippen LogP contribution in [-0.4, -0.2) is 28.9 Å². The summed E-state index contributed by atoms with van der Waals surface area (Å²) >= 11 is 0. The van der Waals surface area contributed by atoms with Gasteiger partial charge < -0.3 is 5.32 Å². The van der Waals surface area contributed by atoms with E-state index in [4.69, 9.17) is 0 Å². The fourth-order valence-electron chi connectivity index (χ4n) is 2.29. The molecule has 0 spiro atoms. The van der Waals surface area contributed by atoms with Gasteiger partial charge in [0.1, 0.15) is 0 Å². The number of hydrogen-bond donors (Lipinski definition) is 1. The van der Waals surface area contributed by atoms with Crippen molar-refractivity contribution in [3.8, 4) is 0 Å². The van der Waals surface area contributed by atoms with E-state index in [1.807, 2.05) is 24.3 Å². The molecule has 1 aromatic heterocycles. The number of rotatable bonds is 7. The van der Waals surface area contributed by atoms with E-state index in [1.54, 1.807) is 12.4 Å². The van der Waals surface area contributed by atoms with Crippen molar-refractivity contribution in [2.24, 2.45) is 0 Å². The molecule has 1 aromatic carbocycles. The van der Waals surface area contributed by atoms with E-state index in [2.05, 4.69) is 41.2 Å². The van der Waals surface area contributed by atoms with E-state index in [0.29, 0.717) is 6.42 Å². The topological polar surface area (TPSA) is 45.2 Å². The van der Waals surface area contributed by atoms with E-state index >= 15 is 0 Å². The maximum absolute atomic E-state index is 12.0. The Morgan fingerprint density at radius 1 is 1.00 bits per heavy atom. The maximum Gasteiger partial charge on any atom is 0.228 e. The van der Waals surface area contributed by atoms with Crippen LogP contribution in [0.2, 0.25) is 0 Å².